The van der Waals surface area contributed by atoms with Crippen LogP contribution in [-0.2, 0) is 0 Å². The Morgan fingerprint density at radius 2 is 1.95 bits per heavy atom. The van der Waals surface area contributed by atoms with Crippen molar-refractivity contribution in [2.24, 2.45) is 0 Å². The molecule has 2 aromatic rings. The molecule has 1 unspecified atom stereocenters. The maximum absolute atomic E-state index is 12.3. The van der Waals surface area contributed by atoms with Gasteiger partial charge in [-0.1, -0.05) is 29.8 Å². The molecule has 0 aromatic heterocycles. The average Bonchev–Trinajstić information content (AvgIpc) is 2.94. The standard InChI is InChI=1S/C16H14ClNO3/c1-10(12-4-2-3-5-13(12)17)18-16(19)11-6-7-14-15(8-11)21-9-20-14/h2-8,10H,9H2,1H3,(H,18,19). The molecule has 5 heteroatoms. The van der Waals surface area contributed by atoms with Gasteiger partial charge in [-0.2, -0.15) is 0 Å². The van der Waals surface area contributed by atoms with E-state index in [4.69, 9.17) is 21.1 Å². The largest absolute Gasteiger partial charge is 0.454 e. The summed E-state index contributed by atoms with van der Waals surface area (Å²) in [5, 5.41) is 3.56. The zero-order valence-electron chi connectivity index (χ0n) is 11.4. The van der Waals surface area contributed by atoms with E-state index in [-0.39, 0.29) is 18.7 Å². The zero-order chi connectivity index (χ0) is 14.8. The fourth-order valence-corrected chi connectivity index (χ4v) is 2.52. The van der Waals surface area contributed by atoms with Crippen LogP contribution in [0.2, 0.25) is 5.02 Å². The lowest BCUT2D eigenvalue weighted by Gasteiger charge is -2.15. The van der Waals surface area contributed by atoms with Gasteiger partial charge in [0.05, 0.1) is 6.04 Å². The number of amides is 1. The highest BCUT2D eigenvalue weighted by Gasteiger charge is 2.18. The number of halogens is 1. The molecule has 4 nitrogen and oxygen atoms in total. The SMILES string of the molecule is CC(NC(=O)c1ccc2c(c1)OCO2)c1ccccc1Cl. The number of hydrogen-bond acceptors (Lipinski definition) is 3. The molecule has 0 saturated carbocycles. The maximum Gasteiger partial charge on any atom is 0.251 e. The van der Waals surface area contributed by atoms with Crippen LogP contribution in [0.5, 0.6) is 11.5 Å². The van der Waals surface area contributed by atoms with Gasteiger partial charge in [-0.05, 0) is 36.8 Å². The molecule has 1 heterocycles. The van der Waals surface area contributed by atoms with Crippen LogP contribution in [0, 0.1) is 0 Å². The summed E-state index contributed by atoms with van der Waals surface area (Å²) < 4.78 is 10.5. The van der Waals surface area contributed by atoms with Gasteiger partial charge in [0.2, 0.25) is 6.79 Å². The van der Waals surface area contributed by atoms with Gasteiger partial charge in [0.25, 0.3) is 5.91 Å². The van der Waals surface area contributed by atoms with Gasteiger partial charge in [0.1, 0.15) is 0 Å². The predicted molar refractivity (Wildman–Crippen MR) is 79.9 cm³/mol. The van der Waals surface area contributed by atoms with Crippen molar-refractivity contribution >= 4 is 17.5 Å². The minimum absolute atomic E-state index is 0.180. The second-order valence-corrected chi connectivity index (χ2v) is 5.19. The third-order valence-corrected chi connectivity index (χ3v) is 3.70. The number of hydrogen-bond donors (Lipinski definition) is 1. The lowest BCUT2D eigenvalue weighted by atomic mass is 10.1. The lowest BCUT2D eigenvalue weighted by molar-refractivity contribution is 0.0939. The molecule has 21 heavy (non-hydrogen) atoms. The van der Waals surface area contributed by atoms with Crippen LogP contribution in [0.4, 0.5) is 0 Å². The van der Waals surface area contributed by atoms with Crippen molar-refractivity contribution in [2.45, 2.75) is 13.0 Å². The minimum atomic E-state index is -0.184. The Balaban J connectivity index is 1.76. The van der Waals surface area contributed by atoms with Crippen molar-refractivity contribution in [2.75, 3.05) is 6.79 Å². The van der Waals surface area contributed by atoms with Crippen LogP contribution in [0.15, 0.2) is 42.5 Å². The number of benzene rings is 2. The molecule has 0 fully saturated rings. The lowest BCUT2D eigenvalue weighted by Crippen LogP contribution is -2.26. The Bertz CT molecular complexity index is 687. The summed E-state index contributed by atoms with van der Waals surface area (Å²) in [6, 6.07) is 12.4. The molecule has 1 aliphatic heterocycles. The Morgan fingerprint density at radius 1 is 1.19 bits per heavy atom. The number of carbonyl (C=O) groups is 1. The fraction of sp³-hybridized carbons (Fsp3) is 0.188. The van der Waals surface area contributed by atoms with Crippen LogP contribution >= 0.6 is 11.6 Å². The summed E-state index contributed by atoms with van der Waals surface area (Å²) in [6.45, 7) is 2.09. The molecule has 0 spiro atoms. The van der Waals surface area contributed by atoms with E-state index < -0.39 is 0 Å². The van der Waals surface area contributed by atoms with Crippen LogP contribution in [0.3, 0.4) is 0 Å². The summed E-state index contributed by atoms with van der Waals surface area (Å²) in [4.78, 5) is 12.3. The third kappa shape index (κ3) is 2.81. The van der Waals surface area contributed by atoms with Gasteiger partial charge in [0.15, 0.2) is 11.5 Å². The van der Waals surface area contributed by atoms with Crippen LogP contribution in [0.25, 0.3) is 0 Å². The van der Waals surface area contributed by atoms with Gasteiger partial charge < -0.3 is 14.8 Å². The topological polar surface area (TPSA) is 47.6 Å². The first kappa shape index (κ1) is 13.8. The van der Waals surface area contributed by atoms with Gasteiger partial charge in [0, 0.05) is 10.6 Å². The van der Waals surface area contributed by atoms with Crippen molar-refractivity contribution in [3.05, 3.63) is 58.6 Å². The van der Waals surface area contributed by atoms with Crippen LogP contribution < -0.4 is 14.8 Å². The zero-order valence-corrected chi connectivity index (χ0v) is 12.2. The molecular weight excluding hydrogens is 290 g/mol. The first-order valence-electron chi connectivity index (χ1n) is 6.60. The Hall–Kier alpha value is -2.20. The smallest absolute Gasteiger partial charge is 0.251 e. The third-order valence-electron chi connectivity index (χ3n) is 3.35. The van der Waals surface area contributed by atoms with E-state index >= 15 is 0 Å². The molecule has 1 atom stereocenters. The average molecular weight is 304 g/mol. The number of rotatable bonds is 3. The van der Waals surface area contributed by atoms with Crippen LogP contribution in [-0.4, -0.2) is 12.7 Å². The first-order chi connectivity index (χ1) is 10.1. The second-order valence-electron chi connectivity index (χ2n) is 4.78. The van der Waals surface area contributed by atoms with Gasteiger partial charge >= 0.3 is 0 Å². The molecule has 0 aliphatic carbocycles. The van der Waals surface area contributed by atoms with Crippen molar-refractivity contribution in [1.82, 2.24) is 5.32 Å². The highest BCUT2D eigenvalue weighted by molar-refractivity contribution is 6.31. The monoisotopic (exact) mass is 303 g/mol. The fourth-order valence-electron chi connectivity index (χ4n) is 2.22. The van der Waals surface area contributed by atoms with Gasteiger partial charge in [-0.3, -0.25) is 4.79 Å². The van der Waals surface area contributed by atoms with Crippen molar-refractivity contribution in [3.8, 4) is 11.5 Å². The van der Waals surface area contributed by atoms with E-state index in [9.17, 15) is 4.79 Å². The van der Waals surface area contributed by atoms with E-state index in [1.807, 2.05) is 25.1 Å². The number of ether oxygens (including phenoxy) is 2. The van der Waals surface area contributed by atoms with Crippen LogP contribution in [0.1, 0.15) is 28.9 Å². The molecule has 0 saturated heterocycles. The quantitative estimate of drug-likeness (QED) is 0.943. The van der Waals surface area contributed by atoms with Crippen molar-refractivity contribution in [1.29, 1.82) is 0 Å². The van der Waals surface area contributed by atoms with Crippen molar-refractivity contribution < 1.29 is 14.3 Å². The van der Waals surface area contributed by atoms with E-state index in [2.05, 4.69) is 5.32 Å². The molecular formula is C16H14ClNO3. The van der Waals surface area contributed by atoms with E-state index in [1.165, 1.54) is 0 Å². The molecule has 0 radical (unpaired) electrons. The molecule has 3 rings (SSSR count). The second kappa shape index (κ2) is 5.66. The first-order valence-corrected chi connectivity index (χ1v) is 6.98. The number of nitrogens with one attached hydrogen (secondary N) is 1. The van der Waals surface area contributed by atoms with Gasteiger partial charge in [-0.15, -0.1) is 0 Å². The molecule has 1 N–H and O–H groups in total. The van der Waals surface area contributed by atoms with Gasteiger partial charge in [-0.25, -0.2) is 0 Å². The molecule has 1 aliphatic rings. The minimum Gasteiger partial charge on any atom is -0.454 e. The summed E-state index contributed by atoms with van der Waals surface area (Å²) >= 11 is 6.14. The number of carbonyl (C=O) groups excluding carboxylic acids is 1. The molecule has 108 valence electrons. The Labute approximate surface area is 127 Å². The number of fused-ring (bicyclic) bond motifs is 1. The van der Waals surface area contributed by atoms with Crippen molar-refractivity contribution in [3.63, 3.8) is 0 Å². The summed E-state index contributed by atoms with van der Waals surface area (Å²) in [7, 11) is 0. The normalized spacial score (nSPS) is 13.8. The molecule has 1 amide bonds. The summed E-state index contributed by atoms with van der Waals surface area (Å²) in [5.41, 5.74) is 1.41. The Morgan fingerprint density at radius 3 is 2.76 bits per heavy atom. The highest BCUT2D eigenvalue weighted by atomic mass is 35.5. The maximum atomic E-state index is 12.3. The highest BCUT2D eigenvalue weighted by Crippen LogP contribution is 2.32. The van der Waals surface area contributed by atoms with E-state index in [0.717, 1.165) is 5.56 Å². The van der Waals surface area contributed by atoms with E-state index in [1.54, 1.807) is 24.3 Å². The molecule has 0 bridgehead atoms. The summed E-state index contributed by atoms with van der Waals surface area (Å²) in [5.74, 6) is 1.07. The Kier molecular flexibility index (Phi) is 3.71. The molecule has 2 aromatic carbocycles. The van der Waals surface area contributed by atoms with E-state index in [0.29, 0.717) is 22.1 Å². The predicted octanol–water partition coefficient (Wildman–Crippen LogP) is 3.56. The summed E-state index contributed by atoms with van der Waals surface area (Å²) in [6.07, 6.45) is 0.